The summed E-state index contributed by atoms with van der Waals surface area (Å²) in [5, 5.41) is 0.610. The van der Waals surface area contributed by atoms with Crippen LogP contribution in [0.5, 0.6) is 0 Å². The van der Waals surface area contributed by atoms with Crippen molar-refractivity contribution < 1.29 is 4.42 Å². The Morgan fingerprint density at radius 1 is 0.900 bits per heavy atom. The zero-order valence-electron chi connectivity index (χ0n) is 10.5. The molecule has 0 amide bonds. The topological polar surface area (TPSA) is 30.2 Å². The molecule has 0 aliphatic carbocycles. The Morgan fingerprint density at radius 2 is 1.65 bits per heavy atom. The predicted molar refractivity (Wildman–Crippen MR) is 85.6 cm³/mol. The minimum absolute atomic E-state index is 0.0290. The number of halogens is 1. The van der Waals surface area contributed by atoms with Crippen LogP contribution in [0, 0.1) is 0 Å². The molecule has 3 aromatic rings. The van der Waals surface area contributed by atoms with Crippen LogP contribution in [0.3, 0.4) is 0 Å². The lowest BCUT2D eigenvalue weighted by molar-refractivity contribution is 0.602. The summed E-state index contributed by atoms with van der Waals surface area (Å²) in [4.78, 5) is 12.0. The van der Waals surface area contributed by atoms with Crippen LogP contribution in [0.1, 0.15) is 11.1 Å². The molecule has 20 heavy (non-hydrogen) atoms. The molecular formula is C17H11BrO2. The van der Waals surface area contributed by atoms with Gasteiger partial charge in [0, 0.05) is 10.5 Å². The molecule has 3 heteroatoms. The second-order valence-corrected chi connectivity index (χ2v) is 5.21. The van der Waals surface area contributed by atoms with Crippen molar-refractivity contribution in [2.24, 2.45) is 0 Å². The molecule has 2 aromatic carbocycles. The molecule has 2 nitrogen and oxygen atoms in total. The molecule has 0 N–H and O–H groups in total. The average Bonchev–Trinajstić information content (AvgIpc) is 2.46. The number of rotatable bonds is 2. The van der Waals surface area contributed by atoms with Crippen LogP contribution in [-0.4, -0.2) is 0 Å². The third kappa shape index (κ3) is 2.45. The van der Waals surface area contributed by atoms with Crippen molar-refractivity contribution >= 4 is 39.1 Å². The van der Waals surface area contributed by atoms with Crippen molar-refractivity contribution in [2.75, 3.05) is 0 Å². The minimum atomic E-state index is -0.0290. The fourth-order valence-corrected chi connectivity index (χ4v) is 2.51. The first-order valence-corrected chi connectivity index (χ1v) is 6.98. The highest BCUT2D eigenvalue weighted by molar-refractivity contribution is 9.10. The monoisotopic (exact) mass is 326 g/mol. The van der Waals surface area contributed by atoms with E-state index in [1.54, 1.807) is 6.07 Å². The molecule has 0 saturated heterocycles. The van der Waals surface area contributed by atoms with Crippen LogP contribution in [0.4, 0.5) is 0 Å². The van der Waals surface area contributed by atoms with Gasteiger partial charge in [0.2, 0.25) is 0 Å². The Bertz CT molecular complexity index is 841. The van der Waals surface area contributed by atoms with Crippen LogP contribution in [-0.2, 0) is 0 Å². The predicted octanol–water partition coefficient (Wildman–Crippen LogP) is 4.73. The Kier molecular flexibility index (Phi) is 3.52. The standard InChI is InChI=1S/C17H11BrO2/c18-14-6-2-1-4-12(14)8-9-13-5-3-7-16-17(13)15(19)10-11-20-16/h1-11H/b9-8+. The highest BCUT2D eigenvalue weighted by Crippen LogP contribution is 2.21. The lowest BCUT2D eigenvalue weighted by Crippen LogP contribution is -1.99. The average molecular weight is 327 g/mol. The highest BCUT2D eigenvalue weighted by Gasteiger charge is 2.03. The van der Waals surface area contributed by atoms with Crippen molar-refractivity contribution in [1.82, 2.24) is 0 Å². The molecule has 3 rings (SSSR count). The number of hydrogen-bond acceptors (Lipinski definition) is 2. The smallest absolute Gasteiger partial charge is 0.193 e. The van der Waals surface area contributed by atoms with E-state index in [1.165, 1.54) is 12.3 Å². The molecule has 98 valence electrons. The number of benzene rings is 2. The summed E-state index contributed by atoms with van der Waals surface area (Å²) >= 11 is 3.50. The van der Waals surface area contributed by atoms with Crippen LogP contribution in [0.25, 0.3) is 23.1 Å². The largest absolute Gasteiger partial charge is 0.464 e. The van der Waals surface area contributed by atoms with Crippen molar-refractivity contribution in [3.05, 3.63) is 80.6 Å². The molecule has 0 unspecified atom stereocenters. The Labute approximate surface area is 124 Å². The van der Waals surface area contributed by atoms with Crippen molar-refractivity contribution in [3.63, 3.8) is 0 Å². The molecule has 0 atom stereocenters. The minimum Gasteiger partial charge on any atom is -0.464 e. The fraction of sp³-hybridized carbons (Fsp3) is 0. The highest BCUT2D eigenvalue weighted by atomic mass is 79.9. The van der Waals surface area contributed by atoms with E-state index in [2.05, 4.69) is 15.9 Å². The Balaban J connectivity index is 2.12. The van der Waals surface area contributed by atoms with Gasteiger partial charge in [0.05, 0.1) is 11.6 Å². The lowest BCUT2D eigenvalue weighted by atomic mass is 10.1. The zero-order valence-corrected chi connectivity index (χ0v) is 12.1. The Morgan fingerprint density at radius 3 is 2.50 bits per heavy atom. The van der Waals surface area contributed by atoms with Crippen molar-refractivity contribution in [2.45, 2.75) is 0 Å². The first-order valence-electron chi connectivity index (χ1n) is 6.19. The van der Waals surface area contributed by atoms with E-state index in [9.17, 15) is 4.79 Å². The second kappa shape index (κ2) is 5.47. The lowest BCUT2D eigenvalue weighted by Gasteiger charge is -2.01. The molecule has 0 spiro atoms. The summed E-state index contributed by atoms with van der Waals surface area (Å²) in [5.74, 6) is 0. The van der Waals surface area contributed by atoms with Crippen LogP contribution in [0.2, 0.25) is 0 Å². The van der Waals surface area contributed by atoms with Crippen LogP contribution in [0.15, 0.2) is 68.5 Å². The number of hydrogen-bond donors (Lipinski definition) is 0. The van der Waals surface area contributed by atoms with E-state index in [1.807, 2.05) is 48.6 Å². The van der Waals surface area contributed by atoms with E-state index in [4.69, 9.17) is 4.42 Å². The molecule has 0 aliphatic rings. The van der Waals surface area contributed by atoms with E-state index in [0.717, 1.165) is 15.6 Å². The van der Waals surface area contributed by atoms with Gasteiger partial charge in [-0.25, -0.2) is 0 Å². The van der Waals surface area contributed by atoms with E-state index in [-0.39, 0.29) is 5.43 Å². The maximum atomic E-state index is 12.0. The summed E-state index contributed by atoms with van der Waals surface area (Å²) in [6.45, 7) is 0. The molecular weight excluding hydrogens is 316 g/mol. The normalized spacial score (nSPS) is 11.2. The quantitative estimate of drug-likeness (QED) is 0.637. The summed E-state index contributed by atoms with van der Waals surface area (Å²) in [5.41, 5.74) is 2.49. The fourth-order valence-electron chi connectivity index (χ4n) is 2.09. The van der Waals surface area contributed by atoms with Crippen molar-refractivity contribution in [1.29, 1.82) is 0 Å². The SMILES string of the molecule is O=c1ccoc2cccc(/C=C/c3ccccc3Br)c12. The molecule has 0 bridgehead atoms. The molecule has 0 saturated carbocycles. The van der Waals surface area contributed by atoms with E-state index >= 15 is 0 Å². The molecule has 1 heterocycles. The summed E-state index contributed by atoms with van der Waals surface area (Å²) < 4.78 is 6.38. The molecule has 1 aromatic heterocycles. The second-order valence-electron chi connectivity index (χ2n) is 4.36. The summed E-state index contributed by atoms with van der Waals surface area (Å²) in [6.07, 6.45) is 5.33. The van der Waals surface area contributed by atoms with Gasteiger partial charge in [-0.15, -0.1) is 0 Å². The molecule has 0 radical (unpaired) electrons. The van der Waals surface area contributed by atoms with Gasteiger partial charge in [-0.3, -0.25) is 4.79 Å². The van der Waals surface area contributed by atoms with Gasteiger partial charge in [-0.1, -0.05) is 58.4 Å². The van der Waals surface area contributed by atoms with Gasteiger partial charge in [-0.2, -0.15) is 0 Å². The zero-order chi connectivity index (χ0) is 13.9. The van der Waals surface area contributed by atoms with Gasteiger partial charge < -0.3 is 4.42 Å². The maximum Gasteiger partial charge on any atom is 0.193 e. The molecule has 0 aliphatic heterocycles. The first-order chi connectivity index (χ1) is 9.75. The third-order valence-electron chi connectivity index (χ3n) is 3.07. The van der Waals surface area contributed by atoms with Crippen LogP contribution >= 0.6 is 15.9 Å². The van der Waals surface area contributed by atoms with Crippen LogP contribution < -0.4 is 5.43 Å². The molecule has 0 fully saturated rings. The van der Waals surface area contributed by atoms with Gasteiger partial charge >= 0.3 is 0 Å². The third-order valence-corrected chi connectivity index (χ3v) is 3.79. The number of fused-ring (bicyclic) bond motifs is 1. The maximum absolute atomic E-state index is 12.0. The summed E-state index contributed by atoms with van der Waals surface area (Å²) in [6, 6.07) is 15.0. The van der Waals surface area contributed by atoms with Gasteiger partial charge in [0.15, 0.2) is 5.43 Å². The van der Waals surface area contributed by atoms with Gasteiger partial charge in [0.1, 0.15) is 5.58 Å². The first kappa shape index (κ1) is 12.9. The van der Waals surface area contributed by atoms with E-state index < -0.39 is 0 Å². The van der Waals surface area contributed by atoms with Gasteiger partial charge in [0.25, 0.3) is 0 Å². The Hall–Kier alpha value is -2.13. The van der Waals surface area contributed by atoms with Gasteiger partial charge in [-0.05, 0) is 23.3 Å². The van der Waals surface area contributed by atoms with E-state index in [0.29, 0.717) is 11.0 Å². The van der Waals surface area contributed by atoms with Crippen molar-refractivity contribution in [3.8, 4) is 0 Å². The summed E-state index contributed by atoms with van der Waals surface area (Å²) in [7, 11) is 0.